The molecule has 0 fully saturated rings. The van der Waals surface area contributed by atoms with Crippen LogP contribution in [0.15, 0.2) is 48.6 Å². The van der Waals surface area contributed by atoms with Gasteiger partial charge in [-0.2, -0.15) is 15.2 Å². The van der Waals surface area contributed by atoms with E-state index in [4.69, 9.17) is 19.4 Å². The second-order valence-electron chi connectivity index (χ2n) is 13.1. The van der Waals surface area contributed by atoms with Gasteiger partial charge in [0.25, 0.3) is 0 Å². The zero-order chi connectivity index (χ0) is 35.9. The quantitative estimate of drug-likeness (QED) is 0.0893. The Morgan fingerprint density at radius 1 is 1.16 bits per heavy atom. The van der Waals surface area contributed by atoms with E-state index in [2.05, 4.69) is 73.0 Å². The first-order valence-electron chi connectivity index (χ1n) is 18.2. The molecule has 2 atom stereocenters. The van der Waals surface area contributed by atoms with Gasteiger partial charge in [-0.15, -0.1) is 0 Å². The highest BCUT2D eigenvalue weighted by molar-refractivity contribution is 6.73. The summed E-state index contributed by atoms with van der Waals surface area (Å²) in [6.45, 7) is 12.0. The number of benzene rings is 2. The van der Waals surface area contributed by atoms with Gasteiger partial charge in [0.1, 0.15) is 12.0 Å². The Morgan fingerprint density at radius 2 is 1.96 bits per heavy atom. The third-order valence-corrected chi connectivity index (χ3v) is 10.9. The fourth-order valence-electron chi connectivity index (χ4n) is 6.67. The maximum Gasteiger partial charge on any atom is 0.318 e. The van der Waals surface area contributed by atoms with Gasteiger partial charge >= 0.3 is 6.01 Å². The number of carbonyl (C=O) groups is 1. The van der Waals surface area contributed by atoms with Gasteiger partial charge in [0.2, 0.25) is 0 Å². The van der Waals surface area contributed by atoms with Crippen LogP contribution in [-0.4, -0.2) is 76.2 Å². The van der Waals surface area contributed by atoms with E-state index in [1.165, 1.54) is 22.0 Å². The van der Waals surface area contributed by atoms with Crippen LogP contribution in [0.5, 0.6) is 6.01 Å². The first-order valence-corrected chi connectivity index (χ1v) is 19.6. The molecule has 1 aromatic heterocycles. The van der Waals surface area contributed by atoms with Crippen LogP contribution < -0.4 is 14.5 Å². The fourth-order valence-corrected chi connectivity index (χ4v) is 7.71. The lowest BCUT2D eigenvalue weighted by atomic mass is 9.99. The van der Waals surface area contributed by atoms with Crippen LogP contribution in [0, 0.1) is 24.2 Å². The van der Waals surface area contributed by atoms with E-state index in [1.807, 2.05) is 6.92 Å². The molecule has 2 aromatic carbocycles. The molecule has 8 nitrogen and oxygen atoms in total. The highest BCUT2D eigenvalue weighted by atomic mass is 28.2. The highest BCUT2D eigenvalue weighted by Crippen LogP contribution is 2.35. The number of ketones is 1. The molecule has 10 heteroatoms. The number of anilines is 2. The summed E-state index contributed by atoms with van der Waals surface area (Å²) >= 11 is 0. The van der Waals surface area contributed by atoms with Gasteiger partial charge in [-0.05, 0) is 86.0 Å². The van der Waals surface area contributed by atoms with E-state index in [0.717, 1.165) is 61.0 Å². The number of alkyl halides is 1. The molecule has 0 saturated carbocycles. The van der Waals surface area contributed by atoms with Gasteiger partial charge in [0.05, 0.1) is 31.5 Å². The van der Waals surface area contributed by atoms with Crippen LogP contribution >= 0.6 is 0 Å². The lowest BCUT2D eigenvalue weighted by Crippen LogP contribution is -2.35. The molecule has 0 spiro atoms. The summed E-state index contributed by atoms with van der Waals surface area (Å²) in [4.78, 5) is 27.8. The van der Waals surface area contributed by atoms with Crippen LogP contribution in [-0.2, 0) is 22.5 Å². The van der Waals surface area contributed by atoms with Crippen molar-refractivity contribution >= 4 is 42.4 Å². The number of fused-ring (bicyclic) bond motifs is 2. The normalized spacial score (nSPS) is 14.4. The lowest BCUT2D eigenvalue weighted by Gasteiger charge is -2.34. The Bertz CT molecular complexity index is 1670. The van der Waals surface area contributed by atoms with E-state index in [9.17, 15) is 14.4 Å². The summed E-state index contributed by atoms with van der Waals surface area (Å²) in [7, 11) is 1.21. The van der Waals surface area contributed by atoms with Gasteiger partial charge in [-0.1, -0.05) is 57.2 Å². The second kappa shape index (κ2) is 20.0. The Balaban J connectivity index is 1.65. The minimum Gasteiger partial charge on any atom is -0.463 e. The first kappa shape index (κ1) is 38.9. The molecule has 0 amide bonds. The molecule has 0 aliphatic carbocycles. The molecule has 1 aliphatic rings. The van der Waals surface area contributed by atoms with Gasteiger partial charge < -0.3 is 19.3 Å². The summed E-state index contributed by atoms with van der Waals surface area (Å²) in [6, 6.07) is 15.9. The molecule has 0 unspecified atom stereocenters. The van der Waals surface area contributed by atoms with Crippen LogP contribution in [0.25, 0.3) is 10.8 Å². The molecular formula is C40H54FN5O3Si. The number of aromatic nitrogens is 2. The number of nitriles is 1. The number of rotatable bonds is 20. The van der Waals surface area contributed by atoms with E-state index < -0.39 is 6.17 Å². The van der Waals surface area contributed by atoms with Gasteiger partial charge in [0.15, 0.2) is 5.78 Å². The van der Waals surface area contributed by atoms with E-state index in [-0.39, 0.29) is 20.8 Å². The Hall–Kier alpha value is -3.94. The molecule has 4 rings (SSSR count). The number of methoxy groups -OCH3 is 1. The maximum atomic E-state index is 14.3. The van der Waals surface area contributed by atoms with Crippen LogP contribution in [0.4, 0.5) is 15.9 Å². The predicted octanol–water partition coefficient (Wildman–Crippen LogP) is 7.36. The minimum absolute atomic E-state index is 0.00252. The number of ether oxygens (including phenoxy) is 2. The fraction of sp³-hybridized carbons (Fsp3) is 0.525. The Morgan fingerprint density at radius 3 is 2.68 bits per heavy atom. The summed E-state index contributed by atoms with van der Waals surface area (Å²) in [5, 5.41) is 12.6. The van der Waals surface area contributed by atoms with Gasteiger partial charge in [-0.25, -0.2) is 4.39 Å². The smallest absolute Gasteiger partial charge is 0.318 e. The number of carbonyl (C=O) groups excluding carboxylic acids is 1. The average Bonchev–Trinajstić information content (AvgIpc) is 3.13. The number of nitrogens with zero attached hydrogens (tertiary/aromatic N) is 5. The Labute approximate surface area is 300 Å². The molecule has 50 heavy (non-hydrogen) atoms. The highest BCUT2D eigenvalue weighted by Gasteiger charge is 2.27. The summed E-state index contributed by atoms with van der Waals surface area (Å²) in [6.07, 6.45) is 7.37. The van der Waals surface area contributed by atoms with Gasteiger partial charge in [-0.3, -0.25) is 4.79 Å². The van der Waals surface area contributed by atoms with Crippen molar-refractivity contribution in [2.75, 3.05) is 49.8 Å². The molecule has 3 aromatic rings. The molecule has 1 aliphatic heterocycles. The van der Waals surface area contributed by atoms with Crippen molar-refractivity contribution in [1.29, 1.82) is 5.26 Å². The Kier molecular flexibility index (Phi) is 15.6. The number of halogens is 1. The average molecular weight is 700 g/mol. The van der Waals surface area contributed by atoms with Crippen molar-refractivity contribution in [3.63, 3.8) is 0 Å². The van der Waals surface area contributed by atoms with Crippen LogP contribution in [0.2, 0.25) is 6.04 Å². The van der Waals surface area contributed by atoms with Crippen molar-refractivity contribution in [1.82, 2.24) is 9.97 Å². The monoisotopic (exact) mass is 699 g/mol. The summed E-state index contributed by atoms with van der Waals surface area (Å²) in [5.74, 6) is 0.968. The number of aryl methyl sites for hydroxylation is 1. The third kappa shape index (κ3) is 10.5. The molecule has 0 saturated heterocycles. The zero-order valence-electron chi connectivity index (χ0n) is 30.6. The molecule has 268 valence electrons. The number of allylic oxidation sites excluding steroid dienone is 1. The second-order valence-corrected chi connectivity index (χ2v) is 14.6. The zero-order valence-corrected chi connectivity index (χ0v) is 31.7. The molecular weight excluding hydrogens is 646 g/mol. The van der Waals surface area contributed by atoms with Crippen molar-refractivity contribution in [2.24, 2.45) is 5.92 Å². The number of hydrogen-bond donors (Lipinski definition) is 0. The van der Waals surface area contributed by atoms with Crippen LogP contribution in [0.1, 0.15) is 76.1 Å². The third-order valence-electron chi connectivity index (χ3n) is 9.47. The molecule has 0 N–H and O–H groups in total. The predicted molar refractivity (Wildman–Crippen MR) is 205 cm³/mol. The molecule has 0 radical (unpaired) electrons. The van der Waals surface area contributed by atoms with Crippen molar-refractivity contribution in [3.05, 3.63) is 65.4 Å². The molecule has 0 bridgehead atoms. The van der Waals surface area contributed by atoms with Crippen LogP contribution in [0.3, 0.4) is 0 Å². The van der Waals surface area contributed by atoms with Gasteiger partial charge in [0, 0.05) is 58.6 Å². The number of hydrogen-bond acceptors (Lipinski definition) is 8. The summed E-state index contributed by atoms with van der Waals surface area (Å²) < 4.78 is 25.7. The summed E-state index contributed by atoms with van der Waals surface area (Å²) in [5.41, 5.74) is 4.54. The SMILES string of the molecule is CCCN(CCC/C(=[SiH]/CC#N)C(=O)/C=C/COC)c1nc(OC[C@H](CC)C[C@@H](F)CC)nc2c1CCN(c1cccc3cccc(C)c13)C2. The minimum atomic E-state index is -0.847. The largest absolute Gasteiger partial charge is 0.463 e. The van der Waals surface area contributed by atoms with Crippen molar-refractivity contribution in [3.8, 4) is 12.1 Å². The van der Waals surface area contributed by atoms with E-state index >= 15 is 0 Å². The van der Waals surface area contributed by atoms with Crippen molar-refractivity contribution < 1.29 is 18.7 Å². The van der Waals surface area contributed by atoms with E-state index in [1.54, 1.807) is 19.3 Å². The topological polar surface area (TPSA) is 91.6 Å². The lowest BCUT2D eigenvalue weighted by molar-refractivity contribution is -0.108. The van der Waals surface area contributed by atoms with Crippen molar-refractivity contribution in [2.45, 2.75) is 91.4 Å². The maximum absolute atomic E-state index is 14.3. The first-order chi connectivity index (χ1) is 24.3. The van der Waals surface area contributed by atoms with E-state index in [0.29, 0.717) is 57.6 Å². The standard InChI is InChI=1S/C40H54FN5O3Si/c1-6-21-45(22-11-18-37(50-25-20-42)36(47)17-12-24-48-5)39-33-19-23-46(35-16-10-15-31-14-9-13-29(4)38(31)35)27-34(33)43-40(44-39)49-28-30(7-2)26-32(41)8-3/h9-10,12-17,30,32,50H,6-8,11,18-19,21-28H2,1-5H3/b17-12+,50-37-/t30-,32+/m1/s1. The molecule has 2 heterocycles.